The van der Waals surface area contributed by atoms with E-state index in [-0.39, 0.29) is 30.3 Å². The number of alkyl carbamates (subject to hydrolysis) is 1. The third-order valence-corrected chi connectivity index (χ3v) is 4.99. The summed E-state index contributed by atoms with van der Waals surface area (Å²) in [6.45, 7) is 8.83. The zero-order chi connectivity index (χ0) is 24.2. The molecule has 7 heteroatoms. The third kappa shape index (κ3) is 9.76. The minimum atomic E-state index is -0.469. The molecule has 2 rings (SSSR count). The highest BCUT2D eigenvalue weighted by Crippen LogP contribution is 2.12. The van der Waals surface area contributed by atoms with Crippen molar-refractivity contribution in [3.05, 3.63) is 70.8 Å². The fourth-order valence-corrected chi connectivity index (χ4v) is 3.06. The van der Waals surface area contributed by atoms with Gasteiger partial charge >= 0.3 is 6.09 Å². The zero-order valence-corrected chi connectivity index (χ0v) is 19.9. The summed E-state index contributed by atoms with van der Waals surface area (Å²) in [6, 6.07) is 15.5. The standard InChI is InChI=1S/C26H35N3O4/c1-18(2)24(30)28-15-22-12-21(13-23(14-22)16-29-25(31)19(3)4)10-11-27-26(32)33-17-20-8-6-5-7-9-20/h5-9,12-14,18-19H,10-11,15-17H2,1-4H3,(H,27,32)(H,28,30)(H,29,31). The topological polar surface area (TPSA) is 96.5 Å². The van der Waals surface area contributed by atoms with Crippen molar-refractivity contribution in [1.29, 1.82) is 0 Å². The van der Waals surface area contributed by atoms with Crippen molar-refractivity contribution < 1.29 is 19.1 Å². The van der Waals surface area contributed by atoms with Crippen LogP contribution in [0.2, 0.25) is 0 Å². The molecule has 0 saturated heterocycles. The van der Waals surface area contributed by atoms with Crippen LogP contribution in [0.4, 0.5) is 4.79 Å². The summed E-state index contributed by atoms with van der Waals surface area (Å²) >= 11 is 0. The molecule has 0 radical (unpaired) electrons. The van der Waals surface area contributed by atoms with E-state index in [0.29, 0.717) is 26.1 Å². The Morgan fingerprint density at radius 1 is 0.727 bits per heavy atom. The molecule has 0 heterocycles. The number of rotatable bonds is 11. The van der Waals surface area contributed by atoms with Crippen LogP contribution in [-0.4, -0.2) is 24.5 Å². The Morgan fingerprint density at radius 2 is 1.24 bits per heavy atom. The molecule has 0 saturated carbocycles. The normalized spacial score (nSPS) is 10.7. The summed E-state index contributed by atoms with van der Waals surface area (Å²) in [5, 5.41) is 8.62. The number of ether oxygens (including phenoxy) is 1. The highest BCUT2D eigenvalue weighted by atomic mass is 16.5. The molecule has 2 aromatic rings. The van der Waals surface area contributed by atoms with E-state index in [1.807, 2.05) is 76.2 Å². The second kappa shape index (κ2) is 13.3. The van der Waals surface area contributed by atoms with Crippen molar-refractivity contribution in [3.63, 3.8) is 0 Å². The summed E-state index contributed by atoms with van der Waals surface area (Å²) in [6.07, 6.45) is 0.126. The van der Waals surface area contributed by atoms with Gasteiger partial charge in [-0.3, -0.25) is 9.59 Å². The van der Waals surface area contributed by atoms with Crippen LogP contribution >= 0.6 is 0 Å². The fraction of sp³-hybridized carbons (Fsp3) is 0.423. The van der Waals surface area contributed by atoms with Crippen LogP contribution in [0.3, 0.4) is 0 Å². The number of hydrogen-bond donors (Lipinski definition) is 3. The number of carbonyl (C=O) groups is 3. The SMILES string of the molecule is CC(C)C(=O)NCc1cc(CCNC(=O)OCc2ccccc2)cc(CNC(=O)C(C)C)c1. The molecule has 0 atom stereocenters. The van der Waals surface area contributed by atoms with Gasteiger partial charge in [-0.05, 0) is 28.7 Å². The molecule has 0 bridgehead atoms. The van der Waals surface area contributed by atoms with Gasteiger partial charge in [0, 0.05) is 31.5 Å². The molecular weight excluding hydrogens is 418 g/mol. The van der Waals surface area contributed by atoms with E-state index in [9.17, 15) is 14.4 Å². The van der Waals surface area contributed by atoms with E-state index < -0.39 is 6.09 Å². The second-order valence-electron chi connectivity index (χ2n) is 8.64. The lowest BCUT2D eigenvalue weighted by Gasteiger charge is -2.14. The largest absolute Gasteiger partial charge is 0.445 e. The van der Waals surface area contributed by atoms with E-state index in [1.54, 1.807) is 0 Å². The fourth-order valence-electron chi connectivity index (χ4n) is 3.06. The number of carbonyl (C=O) groups excluding carboxylic acids is 3. The first kappa shape index (κ1) is 25.9. The number of benzene rings is 2. The Balaban J connectivity index is 1.95. The second-order valence-corrected chi connectivity index (χ2v) is 8.64. The molecule has 0 aliphatic heterocycles. The van der Waals surface area contributed by atoms with Gasteiger partial charge in [-0.2, -0.15) is 0 Å². The maximum absolute atomic E-state index is 12.0. The van der Waals surface area contributed by atoms with Gasteiger partial charge in [0.2, 0.25) is 11.8 Å². The average molecular weight is 454 g/mol. The van der Waals surface area contributed by atoms with Gasteiger partial charge in [-0.15, -0.1) is 0 Å². The predicted molar refractivity (Wildman–Crippen MR) is 128 cm³/mol. The van der Waals surface area contributed by atoms with Crippen molar-refractivity contribution in [3.8, 4) is 0 Å². The zero-order valence-electron chi connectivity index (χ0n) is 19.9. The quantitative estimate of drug-likeness (QED) is 0.483. The maximum Gasteiger partial charge on any atom is 0.407 e. The molecule has 0 unspecified atom stereocenters. The van der Waals surface area contributed by atoms with Gasteiger partial charge in [-0.1, -0.05) is 76.2 Å². The molecule has 0 fully saturated rings. The molecule has 0 aromatic heterocycles. The van der Waals surface area contributed by atoms with Crippen molar-refractivity contribution in [2.24, 2.45) is 11.8 Å². The van der Waals surface area contributed by atoms with Crippen LogP contribution in [0, 0.1) is 11.8 Å². The predicted octanol–water partition coefficient (Wildman–Crippen LogP) is 3.70. The monoisotopic (exact) mass is 453 g/mol. The summed E-state index contributed by atoms with van der Waals surface area (Å²) in [7, 11) is 0. The van der Waals surface area contributed by atoms with Crippen molar-refractivity contribution in [1.82, 2.24) is 16.0 Å². The summed E-state index contributed by atoms with van der Waals surface area (Å²) in [4.78, 5) is 35.9. The van der Waals surface area contributed by atoms with E-state index >= 15 is 0 Å². The smallest absolute Gasteiger partial charge is 0.407 e. The summed E-state index contributed by atoms with van der Waals surface area (Å²) < 4.78 is 5.24. The average Bonchev–Trinajstić information content (AvgIpc) is 2.80. The lowest BCUT2D eigenvalue weighted by atomic mass is 10.0. The van der Waals surface area contributed by atoms with E-state index in [0.717, 1.165) is 22.3 Å². The molecule has 2 aromatic carbocycles. The highest BCUT2D eigenvalue weighted by molar-refractivity contribution is 5.78. The van der Waals surface area contributed by atoms with Gasteiger partial charge < -0.3 is 20.7 Å². The lowest BCUT2D eigenvalue weighted by Crippen LogP contribution is -2.28. The van der Waals surface area contributed by atoms with Crippen molar-refractivity contribution in [2.75, 3.05) is 6.54 Å². The Labute approximate surface area is 196 Å². The number of hydrogen-bond acceptors (Lipinski definition) is 4. The van der Waals surface area contributed by atoms with Crippen molar-refractivity contribution in [2.45, 2.75) is 53.8 Å². The molecule has 0 spiro atoms. The molecule has 178 valence electrons. The molecular formula is C26H35N3O4. The molecule has 0 aliphatic carbocycles. The van der Waals surface area contributed by atoms with E-state index in [2.05, 4.69) is 16.0 Å². The first-order valence-electron chi connectivity index (χ1n) is 11.4. The Hall–Kier alpha value is -3.35. The van der Waals surface area contributed by atoms with Gasteiger partial charge in [0.05, 0.1) is 0 Å². The van der Waals surface area contributed by atoms with Gasteiger partial charge in [0.1, 0.15) is 6.61 Å². The first-order valence-corrected chi connectivity index (χ1v) is 11.4. The number of nitrogens with one attached hydrogen (secondary N) is 3. The minimum absolute atomic E-state index is 0.0158. The molecule has 3 amide bonds. The van der Waals surface area contributed by atoms with Crippen LogP contribution in [0.5, 0.6) is 0 Å². The van der Waals surface area contributed by atoms with Gasteiger partial charge in [-0.25, -0.2) is 4.79 Å². The van der Waals surface area contributed by atoms with Crippen LogP contribution in [0.15, 0.2) is 48.5 Å². The van der Waals surface area contributed by atoms with Crippen LogP contribution in [-0.2, 0) is 40.4 Å². The van der Waals surface area contributed by atoms with Gasteiger partial charge in [0.25, 0.3) is 0 Å². The summed E-state index contributed by atoms with van der Waals surface area (Å²) in [5.74, 6) is -0.219. The van der Waals surface area contributed by atoms with Crippen LogP contribution in [0.25, 0.3) is 0 Å². The van der Waals surface area contributed by atoms with Crippen molar-refractivity contribution >= 4 is 17.9 Å². The Kier molecular flexibility index (Phi) is 10.4. The Morgan fingerprint density at radius 3 is 1.76 bits per heavy atom. The minimum Gasteiger partial charge on any atom is -0.445 e. The first-order chi connectivity index (χ1) is 15.7. The molecule has 33 heavy (non-hydrogen) atoms. The van der Waals surface area contributed by atoms with E-state index in [1.165, 1.54) is 0 Å². The van der Waals surface area contributed by atoms with E-state index in [4.69, 9.17) is 4.74 Å². The number of amides is 3. The molecule has 0 aliphatic rings. The maximum atomic E-state index is 12.0. The van der Waals surface area contributed by atoms with Gasteiger partial charge in [0.15, 0.2) is 0 Å². The van der Waals surface area contributed by atoms with Crippen LogP contribution in [0.1, 0.15) is 49.9 Å². The Bertz CT molecular complexity index is 884. The lowest BCUT2D eigenvalue weighted by molar-refractivity contribution is -0.124. The summed E-state index contributed by atoms with van der Waals surface area (Å²) in [5.41, 5.74) is 3.82. The third-order valence-electron chi connectivity index (χ3n) is 4.99. The molecule has 7 nitrogen and oxygen atoms in total. The molecule has 3 N–H and O–H groups in total. The van der Waals surface area contributed by atoms with Crippen LogP contribution < -0.4 is 16.0 Å². The highest BCUT2D eigenvalue weighted by Gasteiger charge is 2.10.